The molecule has 6 heteroatoms. The Labute approximate surface area is 175 Å². The normalized spacial score (nSPS) is 11.8. The van der Waals surface area contributed by atoms with Crippen molar-refractivity contribution in [2.45, 2.75) is 45.9 Å². The van der Waals surface area contributed by atoms with Gasteiger partial charge in [0.15, 0.2) is 0 Å². The Kier molecular flexibility index (Phi) is 7.99. The second kappa shape index (κ2) is 10.0. The van der Waals surface area contributed by atoms with Gasteiger partial charge in [-0.2, -0.15) is 4.31 Å². The second-order valence-electron chi connectivity index (χ2n) is 8.00. The van der Waals surface area contributed by atoms with Gasteiger partial charge >= 0.3 is 0 Å². The van der Waals surface area contributed by atoms with Crippen LogP contribution in [-0.2, 0) is 21.2 Å². The Balaban J connectivity index is 2.33. The fourth-order valence-electron chi connectivity index (χ4n) is 3.42. The molecule has 2 aromatic rings. The lowest BCUT2D eigenvalue weighted by Crippen LogP contribution is -2.42. The van der Waals surface area contributed by atoms with Crippen LogP contribution in [0.3, 0.4) is 0 Å². The van der Waals surface area contributed by atoms with Crippen molar-refractivity contribution in [1.29, 1.82) is 0 Å². The number of carbonyl (C=O) groups is 1. The molecule has 0 saturated carbocycles. The molecule has 1 amide bonds. The third kappa shape index (κ3) is 6.41. The summed E-state index contributed by atoms with van der Waals surface area (Å²) in [5.74, 6) is 0.0210. The van der Waals surface area contributed by atoms with E-state index in [0.717, 1.165) is 11.1 Å². The first-order valence-corrected chi connectivity index (χ1v) is 11.4. The molecule has 0 unspecified atom stereocenters. The van der Waals surface area contributed by atoms with Crippen LogP contribution in [0.4, 0.5) is 0 Å². The first-order valence-electron chi connectivity index (χ1n) is 10.00. The Morgan fingerprint density at radius 1 is 1.03 bits per heavy atom. The number of rotatable bonds is 9. The van der Waals surface area contributed by atoms with E-state index in [2.05, 4.69) is 5.32 Å². The van der Waals surface area contributed by atoms with Crippen LogP contribution in [0.1, 0.15) is 36.1 Å². The van der Waals surface area contributed by atoms with Gasteiger partial charge in [0.25, 0.3) is 0 Å². The molecule has 2 rings (SSSR count). The summed E-state index contributed by atoms with van der Waals surface area (Å²) in [6.45, 7) is 10.1. The first-order chi connectivity index (χ1) is 13.6. The molecule has 0 spiro atoms. The zero-order valence-corrected chi connectivity index (χ0v) is 18.8. The molecule has 0 heterocycles. The molecular weight excluding hydrogens is 384 g/mol. The van der Waals surface area contributed by atoms with Gasteiger partial charge in [-0.3, -0.25) is 4.79 Å². The van der Waals surface area contributed by atoms with E-state index < -0.39 is 10.0 Å². The van der Waals surface area contributed by atoms with Crippen LogP contribution < -0.4 is 5.32 Å². The summed E-state index contributed by atoms with van der Waals surface area (Å²) < 4.78 is 28.4. The Morgan fingerprint density at radius 3 is 2.17 bits per heavy atom. The number of sulfonamides is 1. The van der Waals surface area contributed by atoms with E-state index in [1.807, 2.05) is 63.2 Å². The molecule has 0 atom stereocenters. The highest BCUT2D eigenvalue weighted by atomic mass is 32.2. The molecule has 0 bridgehead atoms. The summed E-state index contributed by atoms with van der Waals surface area (Å²) in [5, 5.41) is 2.83. The zero-order valence-electron chi connectivity index (χ0n) is 18.0. The fourth-order valence-corrected chi connectivity index (χ4v) is 5.23. The Hall–Kier alpha value is -2.18. The molecule has 0 aliphatic heterocycles. The second-order valence-corrected chi connectivity index (χ2v) is 9.87. The number of hydrogen-bond donors (Lipinski definition) is 1. The quantitative estimate of drug-likeness (QED) is 0.679. The van der Waals surface area contributed by atoms with E-state index in [1.165, 1.54) is 4.31 Å². The van der Waals surface area contributed by atoms with Gasteiger partial charge in [-0.25, -0.2) is 8.42 Å². The standard InChI is InChI=1S/C23H32N2O3S/c1-17(2)15-24-22(26)16-25(12-11-21-9-7-6-8-10-21)29(27,28)23-19(4)13-18(3)14-20(23)5/h6-10,13-14,17H,11-12,15-16H2,1-5H3,(H,24,26). The lowest BCUT2D eigenvalue weighted by atomic mass is 10.1. The summed E-state index contributed by atoms with van der Waals surface area (Å²) in [4.78, 5) is 12.8. The zero-order chi connectivity index (χ0) is 21.6. The van der Waals surface area contributed by atoms with Crippen LogP contribution in [0.25, 0.3) is 0 Å². The van der Waals surface area contributed by atoms with Crippen molar-refractivity contribution in [2.75, 3.05) is 19.6 Å². The summed E-state index contributed by atoms with van der Waals surface area (Å²) in [7, 11) is -3.81. The van der Waals surface area contributed by atoms with E-state index in [-0.39, 0.29) is 19.0 Å². The van der Waals surface area contributed by atoms with E-state index in [4.69, 9.17) is 0 Å². The van der Waals surface area contributed by atoms with Crippen molar-refractivity contribution >= 4 is 15.9 Å². The lowest BCUT2D eigenvalue weighted by molar-refractivity contribution is -0.121. The third-order valence-electron chi connectivity index (χ3n) is 4.72. The highest BCUT2D eigenvalue weighted by molar-refractivity contribution is 7.89. The summed E-state index contributed by atoms with van der Waals surface area (Å²) >= 11 is 0. The van der Waals surface area contributed by atoms with Gasteiger partial charge in [-0.1, -0.05) is 61.9 Å². The Morgan fingerprint density at radius 2 is 1.62 bits per heavy atom. The average Bonchev–Trinajstić information content (AvgIpc) is 2.63. The van der Waals surface area contributed by atoms with Gasteiger partial charge in [0.1, 0.15) is 0 Å². The van der Waals surface area contributed by atoms with Crippen molar-refractivity contribution in [3.63, 3.8) is 0 Å². The van der Waals surface area contributed by atoms with Gasteiger partial charge in [-0.05, 0) is 49.8 Å². The van der Waals surface area contributed by atoms with Gasteiger partial charge in [0.2, 0.25) is 15.9 Å². The Bertz CT molecular complexity index is 915. The first kappa shape index (κ1) is 23.1. The van der Waals surface area contributed by atoms with Gasteiger partial charge in [0.05, 0.1) is 11.4 Å². The minimum atomic E-state index is -3.81. The molecule has 29 heavy (non-hydrogen) atoms. The maximum atomic E-state index is 13.5. The number of hydrogen-bond acceptors (Lipinski definition) is 3. The molecule has 0 aromatic heterocycles. The van der Waals surface area contributed by atoms with E-state index in [1.54, 1.807) is 13.8 Å². The van der Waals surface area contributed by atoms with Crippen LogP contribution >= 0.6 is 0 Å². The van der Waals surface area contributed by atoms with E-state index in [0.29, 0.717) is 34.9 Å². The number of nitrogens with zero attached hydrogens (tertiary/aromatic N) is 1. The number of carbonyl (C=O) groups excluding carboxylic acids is 1. The predicted octanol–water partition coefficient (Wildman–Crippen LogP) is 3.62. The number of amides is 1. The summed E-state index contributed by atoms with van der Waals surface area (Å²) in [6.07, 6.45) is 0.543. The SMILES string of the molecule is Cc1cc(C)c(S(=O)(=O)N(CCc2ccccc2)CC(=O)NCC(C)C)c(C)c1. The van der Waals surface area contributed by atoms with Crippen LogP contribution in [-0.4, -0.2) is 38.3 Å². The van der Waals surface area contributed by atoms with Crippen LogP contribution in [0.15, 0.2) is 47.4 Å². The van der Waals surface area contributed by atoms with Crippen molar-refractivity contribution in [3.05, 3.63) is 64.7 Å². The number of benzene rings is 2. The molecule has 0 fully saturated rings. The molecule has 0 radical (unpaired) electrons. The van der Waals surface area contributed by atoms with Gasteiger partial charge < -0.3 is 5.32 Å². The third-order valence-corrected chi connectivity index (χ3v) is 6.87. The maximum Gasteiger partial charge on any atom is 0.244 e. The van der Waals surface area contributed by atoms with E-state index >= 15 is 0 Å². The topological polar surface area (TPSA) is 66.5 Å². The van der Waals surface area contributed by atoms with Crippen LogP contribution in [0.5, 0.6) is 0 Å². The maximum absolute atomic E-state index is 13.5. The van der Waals surface area contributed by atoms with Gasteiger partial charge in [0, 0.05) is 13.1 Å². The summed E-state index contributed by atoms with van der Waals surface area (Å²) in [5.41, 5.74) is 3.46. The smallest absolute Gasteiger partial charge is 0.244 e. The molecule has 0 aliphatic carbocycles. The minimum absolute atomic E-state index is 0.186. The van der Waals surface area contributed by atoms with E-state index in [9.17, 15) is 13.2 Å². The molecule has 5 nitrogen and oxygen atoms in total. The monoisotopic (exact) mass is 416 g/mol. The predicted molar refractivity (Wildman–Crippen MR) is 117 cm³/mol. The molecule has 0 saturated heterocycles. The molecule has 0 aliphatic rings. The van der Waals surface area contributed by atoms with Crippen LogP contribution in [0.2, 0.25) is 0 Å². The number of nitrogens with one attached hydrogen (secondary N) is 1. The van der Waals surface area contributed by atoms with Crippen molar-refractivity contribution in [1.82, 2.24) is 9.62 Å². The highest BCUT2D eigenvalue weighted by Crippen LogP contribution is 2.25. The van der Waals surface area contributed by atoms with Gasteiger partial charge in [-0.15, -0.1) is 0 Å². The van der Waals surface area contributed by atoms with Crippen LogP contribution in [0, 0.1) is 26.7 Å². The van der Waals surface area contributed by atoms with Crippen molar-refractivity contribution in [2.24, 2.45) is 5.92 Å². The fraction of sp³-hybridized carbons (Fsp3) is 0.435. The molecule has 158 valence electrons. The minimum Gasteiger partial charge on any atom is -0.355 e. The highest BCUT2D eigenvalue weighted by Gasteiger charge is 2.29. The summed E-state index contributed by atoms with van der Waals surface area (Å²) in [6, 6.07) is 13.5. The largest absolute Gasteiger partial charge is 0.355 e. The number of aryl methyl sites for hydroxylation is 3. The van der Waals surface area contributed by atoms with Crippen molar-refractivity contribution in [3.8, 4) is 0 Å². The average molecular weight is 417 g/mol. The lowest BCUT2D eigenvalue weighted by Gasteiger charge is -2.24. The molecular formula is C23H32N2O3S. The molecule has 1 N–H and O–H groups in total. The molecule has 2 aromatic carbocycles. The van der Waals surface area contributed by atoms with Crippen molar-refractivity contribution < 1.29 is 13.2 Å².